The maximum Gasteiger partial charge on any atom is 0.233 e. The first-order valence-electron chi connectivity index (χ1n) is 6.96. The lowest BCUT2D eigenvalue weighted by molar-refractivity contribution is -0.123. The lowest BCUT2D eigenvalue weighted by atomic mass is 10.1. The van der Waals surface area contributed by atoms with Gasteiger partial charge in [0.05, 0.1) is 6.54 Å². The number of ketones is 1. The fourth-order valence-corrected chi connectivity index (χ4v) is 1.14. The van der Waals surface area contributed by atoms with Crippen LogP contribution in [0.4, 0.5) is 0 Å². The molecule has 0 aromatic carbocycles. The minimum atomic E-state index is -0.00861. The Bertz CT molecular complexity index is 226. The lowest BCUT2D eigenvalue weighted by Gasteiger charge is -2.09. The second-order valence-corrected chi connectivity index (χ2v) is 4.61. The average molecular weight is 258 g/mol. The first kappa shape index (κ1) is 19.4. The van der Waals surface area contributed by atoms with Crippen LogP contribution in [0.15, 0.2) is 0 Å². The SMILES string of the molecule is CC.CC(C)NCC(=O)NCCCC(=O)C(C)C. The van der Waals surface area contributed by atoms with Crippen LogP contribution < -0.4 is 10.6 Å². The molecule has 4 heteroatoms. The van der Waals surface area contributed by atoms with Crippen LogP contribution in [-0.2, 0) is 9.59 Å². The van der Waals surface area contributed by atoms with E-state index < -0.39 is 0 Å². The van der Waals surface area contributed by atoms with E-state index in [4.69, 9.17) is 0 Å². The van der Waals surface area contributed by atoms with E-state index in [1.807, 2.05) is 41.5 Å². The molecule has 1 amide bonds. The van der Waals surface area contributed by atoms with Crippen LogP contribution in [0, 0.1) is 5.92 Å². The van der Waals surface area contributed by atoms with Gasteiger partial charge in [-0.15, -0.1) is 0 Å². The summed E-state index contributed by atoms with van der Waals surface area (Å²) < 4.78 is 0. The number of rotatable bonds is 8. The monoisotopic (exact) mass is 258 g/mol. The van der Waals surface area contributed by atoms with E-state index in [9.17, 15) is 9.59 Å². The van der Waals surface area contributed by atoms with Crippen LogP contribution in [0.3, 0.4) is 0 Å². The van der Waals surface area contributed by atoms with Crippen molar-refractivity contribution in [3.05, 3.63) is 0 Å². The summed E-state index contributed by atoms with van der Waals surface area (Å²) in [6.07, 6.45) is 1.28. The fraction of sp³-hybridized carbons (Fsp3) is 0.857. The number of amides is 1. The summed E-state index contributed by atoms with van der Waals surface area (Å²) in [5.41, 5.74) is 0. The summed E-state index contributed by atoms with van der Waals surface area (Å²) in [7, 11) is 0. The molecule has 2 N–H and O–H groups in total. The summed E-state index contributed by atoms with van der Waals surface area (Å²) in [6, 6.07) is 0.313. The molecule has 0 aliphatic carbocycles. The van der Waals surface area contributed by atoms with Crippen LogP contribution in [0.5, 0.6) is 0 Å². The highest BCUT2D eigenvalue weighted by molar-refractivity contribution is 5.80. The fourth-order valence-electron chi connectivity index (χ4n) is 1.14. The standard InChI is InChI=1S/C12H24N2O2.C2H6/c1-9(2)11(15)6-5-7-13-12(16)8-14-10(3)4;1-2/h9-10,14H,5-8H2,1-4H3,(H,13,16);1-2H3. The molecule has 0 radical (unpaired) electrons. The summed E-state index contributed by atoms with van der Waals surface area (Å²) in [5.74, 6) is 0.346. The highest BCUT2D eigenvalue weighted by atomic mass is 16.2. The topological polar surface area (TPSA) is 58.2 Å². The minimum Gasteiger partial charge on any atom is -0.355 e. The number of hydrogen-bond donors (Lipinski definition) is 2. The van der Waals surface area contributed by atoms with Crippen molar-refractivity contribution in [3.63, 3.8) is 0 Å². The molecule has 0 aliphatic heterocycles. The number of Topliss-reactive ketones (excluding diaryl/α,β-unsaturated/α-hetero) is 1. The second kappa shape index (κ2) is 12.6. The van der Waals surface area contributed by atoms with Gasteiger partial charge < -0.3 is 10.6 Å². The minimum absolute atomic E-state index is 0.00861. The van der Waals surface area contributed by atoms with Crippen LogP contribution in [-0.4, -0.2) is 30.8 Å². The van der Waals surface area contributed by atoms with Crippen LogP contribution in [0.2, 0.25) is 0 Å². The average Bonchev–Trinajstić information content (AvgIpc) is 2.34. The lowest BCUT2D eigenvalue weighted by Crippen LogP contribution is -2.37. The molecule has 4 nitrogen and oxygen atoms in total. The largest absolute Gasteiger partial charge is 0.355 e. The first-order valence-corrected chi connectivity index (χ1v) is 6.96. The third kappa shape index (κ3) is 13.2. The third-order valence-electron chi connectivity index (χ3n) is 2.24. The summed E-state index contributed by atoms with van der Waals surface area (Å²) in [4.78, 5) is 22.5. The molecule has 0 unspecified atom stereocenters. The van der Waals surface area contributed by atoms with Gasteiger partial charge in [-0.05, 0) is 6.42 Å². The van der Waals surface area contributed by atoms with Crippen LogP contribution >= 0.6 is 0 Å². The Labute approximate surface area is 112 Å². The molecule has 0 aliphatic rings. The van der Waals surface area contributed by atoms with E-state index in [-0.39, 0.29) is 17.6 Å². The van der Waals surface area contributed by atoms with Crippen molar-refractivity contribution >= 4 is 11.7 Å². The molecule has 0 saturated heterocycles. The Hall–Kier alpha value is -0.900. The summed E-state index contributed by atoms with van der Waals surface area (Å²) in [5, 5.41) is 5.81. The van der Waals surface area contributed by atoms with Crippen molar-refractivity contribution in [3.8, 4) is 0 Å². The molecule has 0 fully saturated rings. The molecular weight excluding hydrogens is 228 g/mol. The molecule has 0 heterocycles. The molecule has 0 aromatic heterocycles. The van der Waals surface area contributed by atoms with Gasteiger partial charge in [0, 0.05) is 24.9 Å². The zero-order valence-corrected chi connectivity index (χ0v) is 12.8. The molecule has 0 aromatic rings. The molecule has 0 rings (SSSR count). The number of carbonyl (C=O) groups is 2. The normalized spacial score (nSPS) is 10.0. The zero-order chi connectivity index (χ0) is 14.6. The Balaban J connectivity index is 0. The van der Waals surface area contributed by atoms with E-state index in [0.29, 0.717) is 25.6 Å². The van der Waals surface area contributed by atoms with E-state index in [1.54, 1.807) is 0 Å². The van der Waals surface area contributed by atoms with Crippen LogP contribution in [0.25, 0.3) is 0 Å². The van der Waals surface area contributed by atoms with Crippen molar-refractivity contribution in [1.29, 1.82) is 0 Å². The highest BCUT2D eigenvalue weighted by Crippen LogP contribution is 2.00. The predicted octanol–water partition coefficient (Wildman–Crippen LogP) is 2.13. The quantitative estimate of drug-likeness (QED) is 0.656. The zero-order valence-electron chi connectivity index (χ0n) is 12.8. The number of carbonyl (C=O) groups excluding carboxylic acids is 2. The second-order valence-electron chi connectivity index (χ2n) is 4.61. The molecule has 0 bridgehead atoms. The molecule has 18 heavy (non-hydrogen) atoms. The Morgan fingerprint density at radius 1 is 1.06 bits per heavy atom. The van der Waals surface area contributed by atoms with Gasteiger partial charge in [0.15, 0.2) is 0 Å². The molecule has 0 saturated carbocycles. The van der Waals surface area contributed by atoms with E-state index in [2.05, 4.69) is 10.6 Å². The maximum atomic E-state index is 11.3. The van der Waals surface area contributed by atoms with Crippen LogP contribution in [0.1, 0.15) is 54.4 Å². The Kier molecular flexibility index (Phi) is 13.6. The predicted molar refractivity (Wildman–Crippen MR) is 76.6 cm³/mol. The van der Waals surface area contributed by atoms with E-state index in [0.717, 1.165) is 6.42 Å². The van der Waals surface area contributed by atoms with Gasteiger partial charge in [0.1, 0.15) is 5.78 Å². The van der Waals surface area contributed by atoms with E-state index >= 15 is 0 Å². The van der Waals surface area contributed by atoms with Crippen molar-refractivity contribution in [2.75, 3.05) is 13.1 Å². The summed E-state index contributed by atoms with van der Waals surface area (Å²) >= 11 is 0. The van der Waals surface area contributed by atoms with Gasteiger partial charge in [-0.1, -0.05) is 41.5 Å². The Morgan fingerprint density at radius 2 is 1.61 bits per heavy atom. The van der Waals surface area contributed by atoms with Crippen molar-refractivity contribution < 1.29 is 9.59 Å². The van der Waals surface area contributed by atoms with Gasteiger partial charge in [-0.3, -0.25) is 9.59 Å². The van der Waals surface area contributed by atoms with Crippen molar-refractivity contribution in [2.24, 2.45) is 5.92 Å². The molecule has 0 atom stereocenters. The third-order valence-corrected chi connectivity index (χ3v) is 2.24. The van der Waals surface area contributed by atoms with Gasteiger partial charge in [-0.25, -0.2) is 0 Å². The van der Waals surface area contributed by atoms with Crippen molar-refractivity contribution in [1.82, 2.24) is 10.6 Å². The van der Waals surface area contributed by atoms with Gasteiger partial charge in [0.25, 0.3) is 0 Å². The number of nitrogens with one attached hydrogen (secondary N) is 2. The van der Waals surface area contributed by atoms with E-state index in [1.165, 1.54) is 0 Å². The smallest absolute Gasteiger partial charge is 0.233 e. The first-order chi connectivity index (χ1) is 8.43. The summed E-state index contributed by atoms with van der Waals surface area (Å²) in [6.45, 7) is 12.7. The molecular formula is C14H30N2O2. The molecule has 108 valence electrons. The molecule has 0 spiro atoms. The van der Waals surface area contributed by atoms with Gasteiger partial charge in [0.2, 0.25) is 5.91 Å². The maximum absolute atomic E-state index is 11.3. The highest BCUT2D eigenvalue weighted by Gasteiger charge is 2.07. The number of hydrogen-bond acceptors (Lipinski definition) is 3. The van der Waals surface area contributed by atoms with Gasteiger partial charge >= 0.3 is 0 Å². The van der Waals surface area contributed by atoms with Gasteiger partial charge in [-0.2, -0.15) is 0 Å². The van der Waals surface area contributed by atoms with Crippen molar-refractivity contribution in [2.45, 2.75) is 60.4 Å². The Morgan fingerprint density at radius 3 is 2.06 bits per heavy atom.